The molecule has 2 aromatic rings. The molecule has 4 rings (SSSR count). The van der Waals surface area contributed by atoms with Gasteiger partial charge in [0.25, 0.3) is 0 Å². The van der Waals surface area contributed by atoms with Gasteiger partial charge in [0.1, 0.15) is 17.9 Å². The first-order chi connectivity index (χ1) is 17.3. The minimum atomic E-state index is -1.60. The van der Waals surface area contributed by atoms with Crippen molar-refractivity contribution in [2.24, 2.45) is 11.8 Å². The predicted molar refractivity (Wildman–Crippen MR) is 133 cm³/mol. The summed E-state index contributed by atoms with van der Waals surface area (Å²) in [6, 6.07) is 14.8. The maximum atomic E-state index is 13.6. The van der Waals surface area contributed by atoms with Crippen molar-refractivity contribution in [3.8, 4) is 5.75 Å². The van der Waals surface area contributed by atoms with Crippen molar-refractivity contribution in [3.63, 3.8) is 0 Å². The van der Waals surface area contributed by atoms with E-state index >= 15 is 0 Å². The summed E-state index contributed by atoms with van der Waals surface area (Å²) in [7, 11) is 1.28. The van der Waals surface area contributed by atoms with Gasteiger partial charge in [0.15, 0.2) is 0 Å². The number of methoxy groups -OCH3 is 1. The molecule has 0 bridgehead atoms. The summed E-state index contributed by atoms with van der Waals surface area (Å²) in [5.74, 6) is -3.45. The Balaban J connectivity index is 1.64. The molecule has 0 aliphatic carbocycles. The number of carboxylic acid groups (broad SMARTS) is 1. The van der Waals surface area contributed by atoms with Crippen molar-refractivity contribution in [2.75, 3.05) is 32.3 Å². The largest absolute Gasteiger partial charge is 0.492 e. The topological polar surface area (TPSA) is 122 Å². The van der Waals surface area contributed by atoms with E-state index in [4.69, 9.17) is 9.47 Å². The molecule has 0 saturated carbocycles. The fourth-order valence-corrected chi connectivity index (χ4v) is 5.61. The summed E-state index contributed by atoms with van der Waals surface area (Å²) in [5, 5.41) is 13.5. The third kappa shape index (κ3) is 4.58. The molecule has 2 N–H and O–H groups in total. The second-order valence-electron chi connectivity index (χ2n) is 8.75. The second kappa shape index (κ2) is 10.7. The number of ether oxygens (including phenoxy) is 2. The van der Waals surface area contributed by atoms with Gasteiger partial charge in [0.2, 0.25) is 11.8 Å². The number of amides is 2. The van der Waals surface area contributed by atoms with E-state index in [9.17, 15) is 24.3 Å². The Kier molecular flexibility index (Phi) is 7.65. The summed E-state index contributed by atoms with van der Waals surface area (Å²) in [5.41, 5.74) is -0.647. The Morgan fingerprint density at radius 3 is 2.39 bits per heavy atom. The molecule has 2 aliphatic rings. The van der Waals surface area contributed by atoms with E-state index in [2.05, 4.69) is 5.32 Å². The number of para-hydroxylation sites is 1. The van der Waals surface area contributed by atoms with E-state index in [-0.39, 0.29) is 19.6 Å². The van der Waals surface area contributed by atoms with Crippen LogP contribution in [0.4, 0.5) is 0 Å². The van der Waals surface area contributed by atoms with Crippen molar-refractivity contribution in [1.82, 2.24) is 10.2 Å². The lowest BCUT2D eigenvalue weighted by Crippen LogP contribution is -2.56. The third-order valence-electron chi connectivity index (χ3n) is 6.85. The Labute approximate surface area is 213 Å². The van der Waals surface area contributed by atoms with Crippen molar-refractivity contribution < 1.29 is 33.8 Å². The number of carbonyl (C=O) groups excluding carboxylic acids is 3. The molecule has 2 heterocycles. The molecule has 2 saturated heterocycles. The van der Waals surface area contributed by atoms with Gasteiger partial charge < -0.3 is 14.6 Å². The second-order valence-corrected chi connectivity index (χ2v) is 9.73. The molecule has 0 spiro atoms. The molecule has 0 radical (unpaired) electrons. The van der Waals surface area contributed by atoms with Crippen LogP contribution < -0.4 is 10.1 Å². The van der Waals surface area contributed by atoms with Crippen molar-refractivity contribution >= 4 is 35.5 Å². The molecule has 9 nitrogen and oxygen atoms in total. The van der Waals surface area contributed by atoms with Crippen LogP contribution in [0.15, 0.2) is 54.6 Å². The lowest BCUT2D eigenvalue weighted by atomic mass is 9.78. The molecular weight excluding hydrogens is 484 g/mol. The first kappa shape index (κ1) is 25.7. The fourth-order valence-electron chi connectivity index (χ4n) is 5.08. The van der Waals surface area contributed by atoms with Crippen LogP contribution in [0.1, 0.15) is 28.4 Å². The van der Waals surface area contributed by atoms with Gasteiger partial charge in [-0.15, -0.1) is 0 Å². The maximum absolute atomic E-state index is 13.6. The van der Waals surface area contributed by atoms with E-state index in [0.717, 1.165) is 4.90 Å². The SMILES string of the molecule is COC(=O)c1ccc(C2NC(CCSC)(C(=O)O)C3C(=O)N(CCOc4ccccc4)C(=O)C23)cc1. The number of thioether (sulfide) groups is 1. The highest BCUT2D eigenvalue weighted by molar-refractivity contribution is 7.98. The number of hydrogen-bond donors (Lipinski definition) is 2. The third-order valence-corrected chi connectivity index (χ3v) is 7.46. The van der Waals surface area contributed by atoms with Crippen LogP contribution >= 0.6 is 11.8 Å². The molecule has 4 atom stereocenters. The standard InChI is InChI=1S/C26H28N2O7S/c1-34-24(31)17-10-8-16(9-11-17)21-19-20(26(27-21,25(32)33)12-15-36-2)23(30)28(22(19)29)13-14-35-18-6-4-3-5-7-18/h3-11,19-21,27H,12-15H2,1-2H3,(H,32,33). The summed E-state index contributed by atoms with van der Waals surface area (Å²) in [6.45, 7) is 0.115. The average Bonchev–Trinajstić information content (AvgIpc) is 3.37. The number of hydrogen-bond acceptors (Lipinski definition) is 8. The van der Waals surface area contributed by atoms with Gasteiger partial charge in [-0.25, -0.2) is 4.79 Å². The molecule has 36 heavy (non-hydrogen) atoms. The van der Waals surface area contributed by atoms with Gasteiger partial charge in [0.05, 0.1) is 31.1 Å². The minimum absolute atomic E-state index is 0.0196. The quantitative estimate of drug-likeness (QED) is 0.365. The van der Waals surface area contributed by atoms with Gasteiger partial charge in [-0.3, -0.25) is 24.6 Å². The number of carbonyl (C=O) groups is 4. The molecule has 10 heteroatoms. The van der Waals surface area contributed by atoms with Gasteiger partial charge >= 0.3 is 11.9 Å². The molecule has 2 amide bonds. The van der Waals surface area contributed by atoms with E-state index in [1.165, 1.54) is 18.9 Å². The number of rotatable bonds is 10. The van der Waals surface area contributed by atoms with Crippen molar-refractivity contribution in [2.45, 2.75) is 18.0 Å². The monoisotopic (exact) mass is 512 g/mol. The van der Waals surface area contributed by atoms with E-state index < -0.39 is 47.2 Å². The first-order valence-corrected chi connectivity index (χ1v) is 12.9. The van der Waals surface area contributed by atoms with Crippen LogP contribution in [0, 0.1) is 11.8 Å². The predicted octanol–water partition coefficient (Wildman–Crippen LogP) is 2.37. The van der Waals surface area contributed by atoms with E-state index in [0.29, 0.717) is 22.6 Å². The number of carboxylic acids is 1. The number of fused-ring (bicyclic) bond motifs is 1. The Morgan fingerprint density at radius 2 is 1.78 bits per heavy atom. The number of nitrogens with one attached hydrogen (secondary N) is 1. The number of likely N-dealkylation sites (tertiary alicyclic amines) is 1. The molecule has 4 unspecified atom stereocenters. The number of nitrogens with zero attached hydrogens (tertiary/aromatic N) is 1. The molecule has 2 aromatic carbocycles. The molecule has 190 valence electrons. The van der Waals surface area contributed by atoms with Crippen LogP contribution in [0.3, 0.4) is 0 Å². The zero-order valence-electron chi connectivity index (χ0n) is 20.0. The summed E-state index contributed by atoms with van der Waals surface area (Å²) in [6.07, 6.45) is 2.04. The maximum Gasteiger partial charge on any atom is 0.337 e. The zero-order valence-corrected chi connectivity index (χ0v) is 20.8. The Bertz CT molecular complexity index is 1140. The number of benzene rings is 2. The van der Waals surface area contributed by atoms with Crippen LogP contribution in [-0.4, -0.2) is 71.6 Å². The highest BCUT2D eigenvalue weighted by Crippen LogP contribution is 2.50. The fraction of sp³-hybridized carbons (Fsp3) is 0.385. The lowest BCUT2D eigenvalue weighted by Gasteiger charge is -2.31. The molecule has 2 aliphatic heterocycles. The Hall–Kier alpha value is -3.37. The summed E-state index contributed by atoms with van der Waals surface area (Å²) < 4.78 is 10.4. The lowest BCUT2D eigenvalue weighted by molar-refractivity contribution is -0.151. The molecule has 2 fully saturated rings. The van der Waals surface area contributed by atoms with Crippen LogP contribution in [0.25, 0.3) is 0 Å². The molecule has 0 aromatic heterocycles. The highest BCUT2D eigenvalue weighted by atomic mass is 32.2. The van der Waals surface area contributed by atoms with Gasteiger partial charge in [-0.05, 0) is 48.3 Å². The number of esters is 1. The first-order valence-electron chi connectivity index (χ1n) is 11.6. The normalized spacial score (nSPS) is 25.1. The van der Waals surface area contributed by atoms with Crippen molar-refractivity contribution in [1.29, 1.82) is 0 Å². The summed E-state index contributed by atoms with van der Waals surface area (Å²) in [4.78, 5) is 52.8. The van der Waals surface area contributed by atoms with Gasteiger partial charge in [-0.1, -0.05) is 30.3 Å². The Morgan fingerprint density at radius 1 is 1.08 bits per heavy atom. The van der Waals surface area contributed by atoms with Crippen LogP contribution in [-0.2, 0) is 19.1 Å². The minimum Gasteiger partial charge on any atom is -0.492 e. The van der Waals surface area contributed by atoms with Crippen LogP contribution in [0.5, 0.6) is 5.75 Å². The van der Waals surface area contributed by atoms with Crippen molar-refractivity contribution in [3.05, 3.63) is 65.7 Å². The smallest absolute Gasteiger partial charge is 0.337 e. The average molecular weight is 513 g/mol. The molecular formula is C26H28N2O7S. The number of imide groups is 1. The van der Waals surface area contributed by atoms with Gasteiger partial charge in [-0.2, -0.15) is 11.8 Å². The van der Waals surface area contributed by atoms with Crippen LogP contribution in [0.2, 0.25) is 0 Å². The van der Waals surface area contributed by atoms with E-state index in [1.807, 2.05) is 24.5 Å². The summed E-state index contributed by atoms with van der Waals surface area (Å²) >= 11 is 1.47. The highest BCUT2D eigenvalue weighted by Gasteiger charge is 2.68. The zero-order chi connectivity index (χ0) is 25.9. The van der Waals surface area contributed by atoms with E-state index in [1.54, 1.807) is 36.4 Å². The van der Waals surface area contributed by atoms with Gasteiger partial charge in [0, 0.05) is 6.04 Å². The number of aliphatic carboxylic acids is 1.